The number of esters is 1. The third kappa shape index (κ3) is 10.4. The molecule has 1 aliphatic heterocycles. The molecule has 1 aromatic carbocycles. The van der Waals surface area contributed by atoms with Gasteiger partial charge in [-0.25, -0.2) is 9.48 Å². The van der Waals surface area contributed by atoms with E-state index >= 15 is 0 Å². The van der Waals surface area contributed by atoms with Crippen LogP contribution in [0.15, 0.2) is 24.3 Å². The number of carbonyl (C=O) groups is 2. The molecule has 43 heavy (non-hydrogen) atoms. The Balaban J connectivity index is 1.74. The van der Waals surface area contributed by atoms with Gasteiger partial charge in [0.2, 0.25) is 0 Å². The molecular formula is C30H49N5O7Si. The Kier molecular flexibility index (Phi) is 11.9. The van der Waals surface area contributed by atoms with E-state index in [-0.39, 0.29) is 38.6 Å². The van der Waals surface area contributed by atoms with Crippen molar-refractivity contribution in [2.75, 3.05) is 19.7 Å². The minimum absolute atomic E-state index is 0.0620. The molecule has 0 aliphatic carbocycles. The van der Waals surface area contributed by atoms with Gasteiger partial charge in [-0.05, 0) is 54.8 Å². The van der Waals surface area contributed by atoms with Gasteiger partial charge in [0.1, 0.15) is 30.1 Å². The number of benzene rings is 1. The summed E-state index contributed by atoms with van der Waals surface area (Å²) < 4.78 is 18.7. The van der Waals surface area contributed by atoms with Gasteiger partial charge in [-0.3, -0.25) is 4.79 Å². The molecule has 1 aliphatic rings. The van der Waals surface area contributed by atoms with Gasteiger partial charge >= 0.3 is 12.1 Å². The molecule has 240 valence electrons. The maximum absolute atomic E-state index is 12.7. The molecule has 0 radical (unpaired) electrons. The van der Waals surface area contributed by atoms with Crippen molar-refractivity contribution in [2.45, 2.75) is 116 Å². The van der Waals surface area contributed by atoms with Crippen LogP contribution in [-0.2, 0) is 37.8 Å². The molecular weight excluding hydrogens is 570 g/mol. The van der Waals surface area contributed by atoms with Crippen LogP contribution in [0, 0.1) is 0 Å². The number of hydrogen-bond acceptors (Lipinski definition) is 10. The van der Waals surface area contributed by atoms with Crippen molar-refractivity contribution in [1.82, 2.24) is 25.1 Å². The number of amides is 1. The van der Waals surface area contributed by atoms with Crippen LogP contribution in [0.4, 0.5) is 4.79 Å². The molecule has 0 unspecified atom stereocenters. The lowest BCUT2D eigenvalue weighted by Gasteiger charge is -2.42. The number of carbonyl (C=O) groups excluding carboxylic acids is 2. The Morgan fingerprint density at radius 3 is 2.49 bits per heavy atom. The Bertz CT molecular complexity index is 1190. The van der Waals surface area contributed by atoms with Crippen molar-refractivity contribution in [3.8, 4) is 0 Å². The third-order valence-electron chi connectivity index (χ3n) is 7.33. The summed E-state index contributed by atoms with van der Waals surface area (Å²) in [6, 6.07) is 8.01. The highest BCUT2D eigenvalue weighted by atomic mass is 28.3. The van der Waals surface area contributed by atoms with Crippen molar-refractivity contribution < 1.29 is 34.0 Å². The molecule has 2 aromatic rings. The average Bonchev–Trinajstić information content (AvgIpc) is 3.36. The van der Waals surface area contributed by atoms with Crippen LogP contribution in [0.3, 0.4) is 0 Å². The molecule has 3 atom stereocenters. The fourth-order valence-corrected chi connectivity index (χ4v) is 5.43. The van der Waals surface area contributed by atoms with Gasteiger partial charge in [0, 0.05) is 34.1 Å². The highest BCUT2D eigenvalue weighted by Crippen LogP contribution is 2.35. The molecule has 2 N–H and O–H groups in total. The van der Waals surface area contributed by atoms with E-state index in [1.54, 1.807) is 49.7 Å². The highest BCUT2D eigenvalue weighted by molar-refractivity contribution is 6.76. The van der Waals surface area contributed by atoms with Crippen molar-refractivity contribution in [3.05, 3.63) is 41.2 Å². The summed E-state index contributed by atoms with van der Waals surface area (Å²) in [5, 5.41) is 34.4. The Hall–Kier alpha value is -2.87. The summed E-state index contributed by atoms with van der Waals surface area (Å²) >= 11 is 0. The highest BCUT2D eigenvalue weighted by Gasteiger charge is 2.44. The van der Waals surface area contributed by atoms with Gasteiger partial charge in [0.15, 0.2) is 5.82 Å². The van der Waals surface area contributed by atoms with Gasteiger partial charge < -0.3 is 29.3 Å². The third-order valence-corrected chi connectivity index (χ3v) is 9.04. The number of hydrogen-bond donors (Lipinski definition) is 2. The van der Waals surface area contributed by atoms with Crippen molar-refractivity contribution >= 4 is 20.1 Å². The minimum atomic E-state index is -1.55. The first-order chi connectivity index (χ1) is 20.1. The van der Waals surface area contributed by atoms with Crippen molar-refractivity contribution in [3.63, 3.8) is 0 Å². The molecule has 12 nitrogen and oxygen atoms in total. The monoisotopic (exact) mass is 619 g/mol. The van der Waals surface area contributed by atoms with E-state index in [2.05, 4.69) is 35.2 Å². The van der Waals surface area contributed by atoms with Crippen molar-refractivity contribution in [1.29, 1.82) is 0 Å². The zero-order chi connectivity index (χ0) is 31.8. The van der Waals surface area contributed by atoms with Crippen LogP contribution in [0.25, 0.3) is 0 Å². The van der Waals surface area contributed by atoms with E-state index in [9.17, 15) is 19.8 Å². The smallest absolute Gasteiger partial charge is 0.410 e. The Morgan fingerprint density at radius 1 is 1.19 bits per heavy atom. The quantitative estimate of drug-likeness (QED) is 0.190. The van der Waals surface area contributed by atoms with Gasteiger partial charge in [0.05, 0.1) is 13.0 Å². The number of ether oxygens (including phenoxy) is 3. The lowest BCUT2D eigenvalue weighted by Crippen LogP contribution is -2.55. The number of piperidine rings is 1. The summed E-state index contributed by atoms with van der Waals surface area (Å²) in [7, 11) is -1.24. The molecule has 13 heteroatoms. The Labute approximate surface area is 255 Å². The standard InChI is InChI=1S/C30H49N5O7Si/c1-8-9-10-27(37)41-24(19-26-31-32-33-35(26)21-40-17-18-43(5,6)7)22-11-13-23(14-12-22)30(39)15-16-34(20-25(30)36)28(38)42-29(2,3)4/h11-14,24-25,36,39H,8-10,15-21H2,1-7H3/t24-,25-,30-/m0/s1. The molecule has 1 aromatic heterocycles. The molecule has 3 rings (SSSR count). The largest absolute Gasteiger partial charge is 0.457 e. The lowest BCUT2D eigenvalue weighted by atomic mass is 9.81. The van der Waals surface area contributed by atoms with Crippen LogP contribution in [0.2, 0.25) is 25.7 Å². The van der Waals surface area contributed by atoms with Gasteiger partial charge in [-0.1, -0.05) is 57.3 Å². The molecule has 0 bridgehead atoms. The molecule has 0 saturated carbocycles. The van der Waals surface area contributed by atoms with Crippen molar-refractivity contribution in [2.24, 2.45) is 0 Å². The molecule has 1 fully saturated rings. The van der Waals surface area contributed by atoms with E-state index in [1.165, 1.54) is 4.90 Å². The summed E-state index contributed by atoms with van der Waals surface area (Å²) in [6.45, 7) is 15.2. The number of aliphatic hydroxyl groups excluding tert-OH is 1. The number of aliphatic hydroxyl groups is 2. The number of aromatic nitrogens is 4. The second-order valence-electron chi connectivity index (χ2n) is 13.5. The first-order valence-electron chi connectivity index (χ1n) is 15.1. The van der Waals surface area contributed by atoms with Crippen LogP contribution in [-0.4, -0.2) is 86.9 Å². The predicted octanol–water partition coefficient (Wildman–Crippen LogP) is 4.19. The van der Waals surface area contributed by atoms with Crippen LogP contribution >= 0.6 is 0 Å². The Morgan fingerprint density at radius 2 is 1.88 bits per heavy atom. The number of rotatable bonds is 13. The number of unbranched alkanes of at least 4 members (excludes halogenated alkanes) is 1. The van der Waals surface area contributed by atoms with Gasteiger partial charge in [-0.15, -0.1) is 5.10 Å². The first-order valence-corrected chi connectivity index (χ1v) is 18.8. The first kappa shape index (κ1) is 34.6. The molecule has 0 spiro atoms. The van der Waals surface area contributed by atoms with Crippen LogP contribution < -0.4 is 0 Å². The second kappa shape index (κ2) is 14.7. The number of likely N-dealkylation sites (tertiary alicyclic amines) is 1. The predicted molar refractivity (Wildman–Crippen MR) is 163 cm³/mol. The van der Waals surface area contributed by atoms with E-state index in [0.717, 1.165) is 18.9 Å². The molecule has 1 amide bonds. The molecule has 1 saturated heterocycles. The fourth-order valence-electron chi connectivity index (χ4n) is 4.67. The maximum Gasteiger partial charge on any atom is 0.410 e. The molecule has 2 heterocycles. The lowest BCUT2D eigenvalue weighted by molar-refractivity contribution is -0.149. The SMILES string of the molecule is CCCCC(=O)O[C@@H](Cc1nnnn1COCC[Si](C)(C)C)c1ccc([C@@]2(O)CCN(C(=O)OC(C)(C)C)C[C@@H]2O)cc1. The fraction of sp³-hybridized carbons (Fsp3) is 0.700. The van der Waals surface area contributed by atoms with E-state index in [4.69, 9.17) is 14.2 Å². The van der Waals surface area contributed by atoms with Crippen LogP contribution in [0.1, 0.15) is 76.4 Å². The topological polar surface area (TPSA) is 149 Å². The average molecular weight is 620 g/mol. The van der Waals surface area contributed by atoms with E-state index in [0.29, 0.717) is 30.0 Å². The maximum atomic E-state index is 12.7. The van der Waals surface area contributed by atoms with Gasteiger partial charge in [0.25, 0.3) is 0 Å². The van der Waals surface area contributed by atoms with Crippen LogP contribution in [0.5, 0.6) is 0 Å². The number of β-amino-alcohol motifs (C(OH)–C–C–N with tert-alkyl or cyclic N) is 1. The van der Waals surface area contributed by atoms with Gasteiger partial charge in [-0.2, -0.15) is 0 Å². The second-order valence-corrected chi connectivity index (χ2v) is 19.1. The number of tetrazole rings is 1. The normalized spacial score (nSPS) is 20.1. The number of nitrogens with zero attached hydrogens (tertiary/aromatic N) is 5. The minimum Gasteiger partial charge on any atom is -0.457 e. The summed E-state index contributed by atoms with van der Waals surface area (Å²) in [5.41, 5.74) is -1.01. The summed E-state index contributed by atoms with van der Waals surface area (Å²) in [5.74, 6) is 0.207. The summed E-state index contributed by atoms with van der Waals surface area (Å²) in [4.78, 5) is 26.6. The van der Waals surface area contributed by atoms with E-state index in [1.807, 2.05) is 6.92 Å². The zero-order valence-corrected chi connectivity index (χ0v) is 27.7. The van der Waals surface area contributed by atoms with E-state index < -0.39 is 37.6 Å². The zero-order valence-electron chi connectivity index (χ0n) is 26.7. The summed E-state index contributed by atoms with van der Waals surface area (Å²) in [6.07, 6.45) is -0.150.